The number of esters is 1. The van der Waals surface area contributed by atoms with Crippen LogP contribution in [0.5, 0.6) is 17.2 Å². The molecular weight excluding hydrogens is 400 g/mol. The molecule has 1 aromatic carbocycles. The Morgan fingerprint density at radius 2 is 2.10 bits per heavy atom. The van der Waals surface area contributed by atoms with Gasteiger partial charge < -0.3 is 29.4 Å². The molecular formula is C23H28N2O6. The molecule has 4 aliphatic heterocycles. The van der Waals surface area contributed by atoms with E-state index in [9.17, 15) is 9.90 Å². The lowest BCUT2D eigenvalue weighted by molar-refractivity contribution is -0.137. The zero-order valence-electron chi connectivity index (χ0n) is 18.3. The maximum atomic E-state index is 13.0. The van der Waals surface area contributed by atoms with E-state index in [2.05, 4.69) is 17.1 Å². The number of hydrogen-bond acceptors (Lipinski definition) is 8. The van der Waals surface area contributed by atoms with Gasteiger partial charge in [-0.2, -0.15) is 0 Å². The minimum absolute atomic E-state index is 0.0395. The monoisotopic (exact) mass is 428 g/mol. The van der Waals surface area contributed by atoms with Gasteiger partial charge in [0.1, 0.15) is 0 Å². The van der Waals surface area contributed by atoms with E-state index >= 15 is 0 Å². The third kappa shape index (κ3) is 2.06. The van der Waals surface area contributed by atoms with Gasteiger partial charge in [-0.1, -0.05) is 6.92 Å². The van der Waals surface area contributed by atoms with Crippen molar-refractivity contribution >= 4 is 11.7 Å². The summed E-state index contributed by atoms with van der Waals surface area (Å²) in [5, 5.41) is 14.4. The van der Waals surface area contributed by atoms with Crippen molar-refractivity contribution in [3.8, 4) is 17.2 Å². The Balaban J connectivity index is 1.67. The van der Waals surface area contributed by atoms with Gasteiger partial charge in [0.2, 0.25) is 5.75 Å². The average Bonchev–Trinajstić information content (AvgIpc) is 3.37. The highest BCUT2D eigenvalue weighted by Gasteiger charge is 2.74. The molecule has 3 saturated heterocycles. The van der Waals surface area contributed by atoms with Crippen LogP contribution in [-0.4, -0.2) is 68.6 Å². The Bertz CT molecular complexity index is 1040. The largest absolute Gasteiger partial charge is 0.504 e. The SMILES string of the molecule is CC[C@]12CC(C(=O)OC)=C3Nc4c(cc(O)c(OC)c4OC)[C@]34CCN(C[C@@H]3O[C@@H]31)[C@H]24. The lowest BCUT2D eigenvalue weighted by Gasteiger charge is -2.54. The standard InChI is InChI=1S/C23H28N2O6/c1-5-22-9-11(20(27)30-4)18-23(6-7-25(21(22)23)10-14-19(22)31-14)12-8-13(26)16(28-2)17(29-3)15(12)24-18/h8,14,19,21,24,26H,5-7,9-10H2,1-4H3/t14-,19-,21+,22-,23+/m0/s1. The van der Waals surface area contributed by atoms with E-state index in [4.69, 9.17) is 18.9 Å². The molecule has 0 aromatic heterocycles. The van der Waals surface area contributed by atoms with Gasteiger partial charge in [-0.15, -0.1) is 0 Å². The first-order chi connectivity index (χ1) is 15.0. The summed E-state index contributed by atoms with van der Waals surface area (Å²) in [4.78, 5) is 15.6. The van der Waals surface area contributed by atoms with Crippen molar-refractivity contribution in [2.75, 3.05) is 39.7 Å². The minimum Gasteiger partial charge on any atom is -0.504 e. The molecule has 1 spiro atoms. The number of phenols is 1. The number of methoxy groups -OCH3 is 3. The number of fused-ring (bicyclic) bond motifs is 3. The maximum absolute atomic E-state index is 13.0. The number of ether oxygens (including phenoxy) is 4. The smallest absolute Gasteiger partial charge is 0.335 e. The van der Waals surface area contributed by atoms with Crippen molar-refractivity contribution in [3.63, 3.8) is 0 Å². The second-order valence-corrected chi connectivity index (χ2v) is 9.33. The normalized spacial score (nSPS) is 36.7. The molecule has 1 aliphatic carbocycles. The van der Waals surface area contributed by atoms with Gasteiger partial charge in [-0.3, -0.25) is 4.90 Å². The van der Waals surface area contributed by atoms with Crippen molar-refractivity contribution in [3.05, 3.63) is 22.9 Å². The molecule has 166 valence electrons. The Morgan fingerprint density at radius 3 is 2.77 bits per heavy atom. The number of nitrogens with one attached hydrogen (secondary N) is 1. The molecule has 31 heavy (non-hydrogen) atoms. The lowest BCUT2D eigenvalue weighted by Crippen LogP contribution is -2.63. The van der Waals surface area contributed by atoms with Crippen molar-refractivity contribution in [2.24, 2.45) is 5.41 Å². The van der Waals surface area contributed by atoms with E-state index in [1.807, 2.05) is 0 Å². The van der Waals surface area contributed by atoms with Crippen LogP contribution < -0.4 is 14.8 Å². The number of carbonyl (C=O) groups excluding carboxylic acids is 1. The molecule has 5 aliphatic rings. The van der Waals surface area contributed by atoms with E-state index in [1.165, 1.54) is 14.2 Å². The molecule has 0 amide bonds. The zero-order chi connectivity index (χ0) is 21.7. The Labute approximate surface area is 181 Å². The first-order valence-corrected chi connectivity index (χ1v) is 10.9. The fourth-order valence-electron chi connectivity index (χ4n) is 7.31. The summed E-state index contributed by atoms with van der Waals surface area (Å²) in [5.74, 6) is 0.472. The molecule has 6 rings (SSSR count). The topological polar surface area (TPSA) is 92.8 Å². The van der Waals surface area contributed by atoms with E-state index in [1.54, 1.807) is 13.2 Å². The second-order valence-electron chi connectivity index (χ2n) is 9.33. The quantitative estimate of drug-likeness (QED) is 0.428. The van der Waals surface area contributed by atoms with Gasteiger partial charge in [-0.25, -0.2) is 4.79 Å². The van der Waals surface area contributed by atoms with Crippen LogP contribution in [0.1, 0.15) is 31.7 Å². The summed E-state index contributed by atoms with van der Waals surface area (Å²) in [5.41, 5.74) is 2.65. The van der Waals surface area contributed by atoms with Crippen LogP contribution in [0.2, 0.25) is 0 Å². The summed E-state index contributed by atoms with van der Waals surface area (Å²) in [6.45, 7) is 4.02. The molecule has 1 aromatic rings. The van der Waals surface area contributed by atoms with E-state index in [-0.39, 0.29) is 41.1 Å². The van der Waals surface area contributed by atoms with Gasteiger partial charge in [0.05, 0.1) is 50.2 Å². The number of benzene rings is 1. The third-order valence-electron chi connectivity index (χ3n) is 8.43. The van der Waals surface area contributed by atoms with Crippen LogP contribution in [0.25, 0.3) is 0 Å². The van der Waals surface area contributed by atoms with Crippen molar-refractivity contribution in [2.45, 2.75) is 49.9 Å². The highest BCUT2D eigenvalue weighted by atomic mass is 16.6. The highest BCUT2D eigenvalue weighted by Crippen LogP contribution is 2.69. The van der Waals surface area contributed by atoms with Gasteiger partial charge in [-0.05, 0) is 37.4 Å². The zero-order valence-corrected chi connectivity index (χ0v) is 18.3. The van der Waals surface area contributed by atoms with E-state index < -0.39 is 5.41 Å². The van der Waals surface area contributed by atoms with Crippen LogP contribution in [0.15, 0.2) is 17.3 Å². The molecule has 5 atom stereocenters. The number of phenolic OH excluding ortho intramolecular Hbond substituents is 1. The minimum atomic E-state index is -0.457. The molecule has 0 saturated carbocycles. The molecule has 0 radical (unpaired) electrons. The first-order valence-electron chi connectivity index (χ1n) is 10.9. The predicted octanol–water partition coefficient (Wildman–Crippen LogP) is 2.16. The van der Waals surface area contributed by atoms with E-state index in [0.717, 1.165) is 42.9 Å². The predicted molar refractivity (Wildman–Crippen MR) is 112 cm³/mol. The molecule has 0 unspecified atom stereocenters. The molecule has 0 bridgehead atoms. The first kappa shape index (κ1) is 19.3. The van der Waals surface area contributed by atoms with E-state index in [0.29, 0.717) is 17.7 Å². The van der Waals surface area contributed by atoms with Crippen LogP contribution in [0.4, 0.5) is 5.69 Å². The number of nitrogens with zero attached hydrogens (tertiary/aromatic N) is 1. The molecule has 8 heteroatoms. The number of aromatic hydroxyl groups is 1. The molecule has 8 nitrogen and oxygen atoms in total. The Hall–Kier alpha value is -2.45. The molecule has 2 N–H and O–H groups in total. The lowest BCUT2D eigenvalue weighted by atomic mass is 9.53. The summed E-state index contributed by atoms with van der Waals surface area (Å²) in [6, 6.07) is 1.96. The van der Waals surface area contributed by atoms with Crippen LogP contribution in [-0.2, 0) is 19.7 Å². The fraction of sp³-hybridized carbons (Fsp3) is 0.609. The van der Waals surface area contributed by atoms with Crippen molar-refractivity contribution < 1.29 is 28.8 Å². The summed E-state index contributed by atoms with van der Waals surface area (Å²) in [7, 11) is 4.51. The highest BCUT2D eigenvalue weighted by molar-refractivity contribution is 5.94. The van der Waals surface area contributed by atoms with Crippen molar-refractivity contribution in [1.29, 1.82) is 0 Å². The number of rotatable bonds is 4. The number of epoxide rings is 1. The molecule has 3 fully saturated rings. The second kappa shape index (κ2) is 6.07. The molecule has 4 heterocycles. The van der Waals surface area contributed by atoms with Gasteiger partial charge >= 0.3 is 5.97 Å². The Kier molecular flexibility index (Phi) is 3.77. The fourth-order valence-corrected chi connectivity index (χ4v) is 7.31. The van der Waals surface area contributed by atoms with Crippen LogP contribution in [0.3, 0.4) is 0 Å². The maximum Gasteiger partial charge on any atom is 0.335 e. The van der Waals surface area contributed by atoms with Crippen molar-refractivity contribution in [1.82, 2.24) is 4.90 Å². The Morgan fingerprint density at radius 1 is 1.32 bits per heavy atom. The van der Waals surface area contributed by atoms with Gasteiger partial charge in [0.25, 0.3) is 0 Å². The summed E-state index contributed by atoms with van der Waals surface area (Å²) < 4.78 is 22.5. The van der Waals surface area contributed by atoms with Crippen LogP contribution in [0, 0.1) is 5.41 Å². The van der Waals surface area contributed by atoms with Gasteiger partial charge in [0, 0.05) is 23.7 Å². The van der Waals surface area contributed by atoms with Gasteiger partial charge in [0.15, 0.2) is 11.5 Å². The number of carbonyl (C=O) groups is 1. The number of anilines is 1. The summed E-state index contributed by atoms with van der Waals surface area (Å²) >= 11 is 0. The average molecular weight is 428 g/mol. The number of piperidine rings is 1. The summed E-state index contributed by atoms with van der Waals surface area (Å²) in [6.07, 6.45) is 2.75. The van der Waals surface area contributed by atoms with Crippen LogP contribution >= 0.6 is 0 Å². The number of hydrogen-bond donors (Lipinski definition) is 2. The third-order valence-corrected chi connectivity index (χ3v) is 8.43.